The average Bonchev–Trinajstić information content (AvgIpc) is 3.39. The summed E-state index contributed by atoms with van der Waals surface area (Å²) in [5.41, 5.74) is 2.61. The highest BCUT2D eigenvalue weighted by atomic mass is 16.3. The van der Waals surface area contributed by atoms with Crippen molar-refractivity contribution in [2.75, 3.05) is 5.32 Å². The maximum atomic E-state index is 12.5. The van der Waals surface area contributed by atoms with Gasteiger partial charge in [0.15, 0.2) is 11.6 Å². The predicted molar refractivity (Wildman–Crippen MR) is 108 cm³/mol. The second-order valence-corrected chi connectivity index (χ2v) is 6.53. The van der Waals surface area contributed by atoms with Crippen LogP contribution in [0.2, 0.25) is 0 Å². The SMILES string of the molecule is O=C(Cn1ncc(=O)c2ccccc21)Nc1ccc2nc(-c3ccco3)[nH]c2c1. The highest BCUT2D eigenvalue weighted by Gasteiger charge is 2.11. The molecule has 0 atom stereocenters. The Morgan fingerprint density at radius 2 is 2.03 bits per heavy atom. The number of para-hydroxylation sites is 1. The second-order valence-electron chi connectivity index (χ2n) is 6.53. The third-order valence-electron chi connectivity index (χ3n) is 4.58. The Morgan fingerprint density at radius 1 is 1.14 bits per heavy atom. The third-order valence-corrected chi connectivity index (χ3v) is 4.58. The van der Waals surface area contributed by atoms with Gasteiger partial charge in [-0.25, -0.2) is 4.98 Å². The predicted octanol–water partition coefficient (Wildman–Crippen LogP) is 3.17. The Morgan fingerprint density at radius 3 is 2.90 bits per heavy atom. The van der Waals surface area contributed by atoms with Gasteiger partial charge < -0.3 is 14.7 Å². The maximum absolute atomic E-state index is 12.5. The van der Waals surface area contributed by atoms with Gasteiger partial charge in [-0.3, -0.25) is 14.3 Å². The molecule has 0 unspecified atom stereocenters. The van der Waals surface area contributed by atoms with Gasteiger partial charge in [0.2, 0.25) is 11.3 Å². The van der Waals surface area contributed by atoms with Crippen molar-refractivity contribution < 1.29 is 9.21 Å². The smallest absolute Gasteiger partial charge is 0.246 e. The molecule has 3 aromatic heterocycles. The summed E-state index contributed by atoms with van der Waals surface area (Å²) >= 11 is 0. The zero-order chi connectivity index (χ0) is 19.8. The molecule has 29 heavy (non-hydrogen) atoms. The van der Waals surface area contributed by atoms with Crippen molar-refractivity contribution >= 4 is 33.5 Å². The van der Waals surface area contributed by atoms with Crippen molar-refractivity contribution in [1.29, 1.82) is 0 Å². The van der Waals surface area contributed by atoms with Gasteiger partial charge in [0, 0.05) is 11.1 Å². The number of anilines is 1. The lowest BCUT2D eigenvalue weighted by atomic mass is 10.2. The minimum Gasteiger partial charge on any atom is -0.461 e. The molecule has 1 amide bonds. The first-order chi connectivity index (χ1) is 14.2. The van der Waals surface area contributed by atoms with Gasteiger partial charge in [-0.2, -0.15) is 5.10 Å². The van der Waals surface area contributed by atoms with Crippen LogP contribution in [-0.4, -0.2) is 25.7 Å². The fourth-order valence-corrected chi connectivity index (χ4v) is 3.24. The van der Waals surface area contributed by atoms with Crippen LogP contribution in [0.4, 0.5) is 5.69 Å². The van der Waals surface area contributed by atoms with E-state index in [2.05, 4.69) is 20.4 Å². The minimum atomic E-state index is -0.253. The van der Waals surface area contributed by atoms with E-state index in [1.165, 1.54) is 10.9 Å². The van der Waals surface area contributed by atoms with Crippen molar-refractivity contribution in [2.24, 2.45) is 0 Å². The summed E-state index contributed by atoms with van der Waals surface area (Å²) in [6.45, 7) is -0.0144. The molecule has 8 heteroatoms. The molecule has 0 spiro atoms. The molecule has 142 valence electrons. The Balaban J connectivity index is 1.39. The van der Waals surface area contributed by atoms with Crippen molar-refractivity contribution in [1.82, 2.24) is 19.7 Å². The quantitative estimate of drug-likeness (QED) is 0.494. The molecule has 5 rings (SSSR count). The number of amides is 1. The number of furan rings is 1. The minimum absolute atomic E-state index is 0.0144. The van der Waals surface area contributed by atoms with Gasteiger partial charge in [-0.05, 0) is 42.5 Å². The van der Waals surface area contributed by atoms with E-state index in [0.717, 1.165) is 11.0 Å². The highest BCUT2D eigenvalue weighted by Crippen LogP contribution is 2.23. The molecule has 2 N–H and O–H groups in total. The first-order valence-electron chi connectivity index (χ1n) is 8.96. The molecule has 0 fully saturated rings. The van der Waals surface area contributed by atoms with Crippen LogP contribution in [0.25, 0.3) is 33.5 Å². The zero-order valence-electron chi connectivity index (χ0n) is 15.1. The number of H-pyrrole nitrogens is 1. The van der Waals surface area contributed by atoms with Crippen molar-refractivity contribution in [3.05, 3.63) is 77.3 Å². The standard InChI is InChI=1S/C21H15N5O3/c27-18-11-22-26(17-5-2-1-4-14(17)18)12-20(28)23-13-7-8-15-16(10-13)25-21(24-15)19-6-3-9-29-19/h1-11H,12H2,(H,23,28)(H,24,25). The molecule has 3 heterocycles. The number of carbonyl (C=O) groups excluding carboxylic acids is 1. The summed E-state index contributed by atoms with van der Waals surface area (Å²) in [5.74, 6) is 1.01. The summed E-state index contributed by atoms with van der Waals surface area (Å²) in [7, 11) is 0. The first kappa shape index (κ1) is 16.9. The molecule has 0 aliphatic carbocycles. The number of hydrogen-bond donors (Lipinski definition) is 2. The number of carbonyl (C=O) groups is 1. The third kappa shape index (κ3) is 3.16. The Kier molecular flexibility index (Phi) is 3.94. The highest BCUT2D eigenvalue weighted by molar-refractivity contribution is 5.94. The summed E-state index contributed by atoms with van der Waals surface area (Å²) in [4.78, 5) is 32.1. The number of hydrogen-bond acceptors (Lipinski definition) is 5. The van der Waals surface area contributed by atoms with E-state index >= 15 is 0 Å². The molecule has 0 aliphatic heterocycles. The number of benzene rings is 2. The zero-order valence-corrected chi connectivity index (χ0v) is 15.1. The van der Waals surface area contributed by atoms with Crippen LogP contribution in [0.1, 0.15) is 0 Å². The largest absolute Gasteiger partial charge is 0.461 e. The van der Waals surface area contributed by atoms with Crippen LogP contribution >= 0.6 is 0 Å². The van der Waals surface area contributed by atoms with E-state index in [1.807, 2.05) is 18.2 Å². The lowest BCUT2D eigenvalue weighted by molar-refractivity contribution is -0.116. The van der Waals surface area contributed by atoms with Gasteiger partial charge in [-0.1, -0.05) is 12.1 Å². The van der Waals surface area contributed by atoms with E-state index < -0.39 is 0 Å². The lowest BCUT2D eigenvalue weighted by Gasteiger charge is -2.09. The fourth-order valence-electron chi connectivity index (χ4n) is 3.24. The monoisotopic (exact) mass is 385 g/mol. The summed E-state index contributed by atoms with van der Waals surface area (Å²) in [6.07, 6.45) is 2.81. The van der Waals surface area contributed by atoms with E-state index in [0.29, 0.717) is 28.2 Å². The molecule has 2 aromatic carbocycles. The summed E-state index contributed by atoms with van der Waals surface area (Å²) in [6, 6.07) is 16.1. The first-order valence-corrected chi connectivity index (χ1v) is 8.96. The number of nitrogens with zero attached hydrogens (tertiary/aromatic N) is 3. The summed E-state index contributed by atoms with van der Waals surface area (Å²) in [5, 5.41) is 7.47. The Labute approximate surface area is 163 Å². The number of fused-ring (bicyclic) bond motifs is 2. The van der Waals surface area contributed by atoms with Crippen LogP contribution < -0.4 is 10.7 Å². The number of aromatic nitrogens is 4. The molecule has 0 saturated heterocycles. The van der Waals surface area contributed by atoms with Crippen LogP contribution in [0.3, 0.4) is 0 Å². The fraction of sp³-hybridized carbons (Fsp3) is 0.0476. The van der Waals surface area contributed by atoms with Crippen LogP contribution in [-0.2, 0) is 11.3 Å². The second kappa shape index (κ2) is 6.75. The normalized spacial score (nSPS) is 11.2. The van der Waals surface area contributed by atoms with Crippen LogP contribution in [0.15, 0.2) is 76.3 Å². The van der Waals surface area contributed by atoms with Gasteiger partial charge in [-0.15, -0.1) is 0 Å². The molecular weight excluding hydrogens is 370 g/mol. The van der Waals surface area contributed by atoms with Crippen LogP contribution in [0, 0.1) is 0 Å². The van der Waals surface area contributed by atoms with E-state index in [4.69, 9.17) is 4.42 Å². The Hall–Kier alpha value is -4.20. The molecule has 5 aromatic rings. The molecule has 0 saturated carbocycles. The van der Waals surface area contributed by atoms with E-state index in [1.54, 1.807) is 42.7 Å². The topological polar surface area (TPSA) is 106 Å². The molecule has 0 bridgehead atoms. The van der Waals surface area contributed by atoms with Gasteiger partial charge in [0.05, 0.1) is 29.0 Å². The van der Waals surface area contributed by atoms with E-state index in [9.17, 15) is 9.59 Å². The van der Waals surface area contributed by atoms with Crippen molar-refractivity contribution in [3.8, 4) is 11.6 Å². The maximum Gasteiger partial charge on any atom is 0.246 e. The molecule has 0 radical (unpaired) electrons. The molecular formula is C21H15N5O3. The van der Waals surface area contributed by atoms with Crippen molar-refractivity contribution in [2.45, 2.75) is 6.54 Å². The van der Waals surface area contributed by atoms with E-state index in [-0.39, 0.29) is 17.9 Å². The number of aromatic amines is 1. The number of rotatable bonds is 4. The number of nitrogens with one attached hydrogen (secondary N) is 2. The van der Waals surface area contributed by atoms with Crippen molar-refractivity contribution in [3.63, 3.8) is 0 Å². The lowest BCUT2D eigenvalue weighted by Crippen LogP contribution is -2.22. The van der Waals surface area contributed by atoms with Gasteiger partial charge >= 0.3 is 0 Å². The molecule has 0 aliphatic rings. The van der Waals surface area contributed by atoms with Gasteiger partial charge in [0.25, 0.3) is 0 Å². The van der Waals surface area contributed by atoms with Gasteiger partial charge in [0.1, 0.15) is 6.54 Å². The summed E-state index contributed by atoms with van der Waals surface area (Å²) < 4.78 is 6.87. The average molecular weight is 385 g/mol. The molecule has 8 nitrogen and oxygen atoms in total. The number of imidazole rings is 1. The Bertz CT molecular complexity index is 1400. The van der Waals surface area contributed by atoms with Crippen LogP contribution in [0.5, 0.6) is 0 Å².